The summed E-state index contributed by atoms with van der Waals surface area (Å²) in [5.41, 5.74) is 0.393. The molecule has 0 fully saturated rings. The average molecular weight is 461 g/mol. The lowest BCUT2D eigenvalue weighted by Crippen LogP contribution is -2.38. The van der Waals surface area contributed by atoms with Gasteiger partial charge in [0.1, 0.15) is 9.84 Å². The molecule has 1 aliphatic rings. The van der Waals surface area contributed by atoms with Crippen molar-refractivity contribution in [1.82, 2.24) is 9.88 Å². The van der Waals surface area contributed by atoms with Crippen LogP contribution in [0.15, 0.2) is 30.5 Å². The predicted molar refractivity (Wildman–Crippen MR) is 116 cm³/mol. The minimum Gasteiger partial charge on any atom is -0.491 e. The number of sulfone groups is 1. The van der Waals surface area contributed by atoms with Gasteiger partial charge in [0, 0.05) is 19.2 Å². The zero-order valence-electron chi connectivity index (χ0n) is 18.0. The van der Waals surface area contributed by atoms with Gasteiger partial charge in [0.25, 0.3) is 11.8 Å². The quantitative estimate of drug-likeness (QED) is 0.589. The van der Waals surface area contributed by atoms with Crippen molar-refractivity contribution in [3.8, 4) is 11.5 Å². The molecule has 1 aliphatic heterocycles. The van der Waals surface area contributed by atoms with E-state index in [9.17, 15) is 22.8 Å². The number of pyridine rings is 1. The van der Waals surface area contributed by atoms with Gasteiger partial charge in [0.15, 0.2) is 11.5 Å². The SMILES string of the molecule is CCOc1cc(C(CS(C)(=O)=O)N2C(=O)c3cccc(NC(C)=O)c3C2=O)ncc1OC. The highest BCUT2D eigenvalue weighted by molar-refractivity contribution is 7.90. The molecule has 1 atom stereocenters. The van der Waals surface area contributed by atoms with Gasteiger partial charge in [-0.05, 0) is 19.1 Å². The molecule has 0 spiro atoms. The summed E-state index contributed by atoms with van der Waals surface area (Å²) < 4.78 is 35.2. The molecule has 3 rings (SSSR count). The van der Waals surface area contributed by atoms with Gasteiger partial charge in [-0.1, -0.05) is 6.07 Å². The number of carbonyl (C=O) groups excluding carboxylic acids is 3. The van der Waals surface area contributed by atoms with Gasteiger partial charge in [-0.3, -0.25) is 24.3 Å². The number of nitrogens with zero attached hydrogens (tertiary/aromatic N) is 2. The normalized spacial score (nSPS) is 14.2. The van der Waals surface area contributed by atoms with E-state index in [-0.39, 0.29) is 22.5 Å². The molecule has 0 saturated carbocycles. The summed E-state index contributed by atoms with van der Waals surface area (Å²) in [4.78, 5) is 43.2. The number of fused-ring (bicyclic) bond motifs is 1. The van der Waals surface area contributed by atoms with Gasteiger partial charge < -0.3 is 14.8 Å². The molecule has 1 aromatic carbocycles. The molecular weight excluding hydrogens is 438 g/mol. The van der Waals surface area contributed by atoms with Crippen molar-refractivity contribution in [3.63, 3.8) is 0 Å². The van der Waals surface area contributed by atoms with Crippen LogP contribution in [0.4, 0.5) is 5.69 Å². The van der Waals surface area contributed by atoms with E-state index in [0.29, 0.717) is 18.1 Å². The van der Waals surface area contributed by atoms with Crippen molar-refractivity contribution >= 4 is 33.2 Å². The zero-order valence-corrected chi connectivity index (χ0v) is 18.9. The largest absolute Gasteiger partial charge is 0.491 e. The van der Waals surface area contributed by atoms with Gasteiger partial charge >= 0.3 is 0 Å². The molecule has 10 nitrogen and oxygen atoms in total. The number of imide groups is 1. The fourth-order valence-corrected chi connectivity index (χ4v) is 4.40. The van der Waals surface area contributed by atoms with Crippen LogP contribution < -0.4 is 14.8 Å². The van der Waals surface area contributed by atoms with Crippen molar-refractivity contribution < 1.29 is 32.3 Å². The number of aromatic nitrogens is 1. The van der Waals surface area contributed by atoms with Crippen LogP contribution in [0.25, 0.3) is 0 Å². The summed E-state index contributed by atoms with van der Waals surface area (Å²) in [5, 5.41) is 2.54. The Labute approximate surface area is 185 Å². The zero-order chi connectivity index (χ0) is 23.6. The fraction of sp³-hybridized carbons (Fsp3) is 0.333. The number of anilines is 1. The smallest absolute Gasteiger partial charge is 0.264 e. The molecule has 0 saturated heterocycles. The van der Waals surface area contributed by atoms with E-state index in [1.165, 1.54) is 44.5 Å². The molecule has 1 N–H and O–H groups in total. The van der Waals surface area contributed by atoms with E-state index in [4.69, 9.17) is 9.47 Å². The minimum atomic E-state index is -3.64. The predicted octanol–water partition coefficient (Wildman–Crippen LogP) is 1.83. The first-order valence-electron chi connectivity index (χ1n) is 9.70. The first-order chi connectivity index (χ1) is 15.1. The summed E-state index contributed by atoms with van der Waals surface area (Å²) in [5.74, 6) is -1.74. The molecule has 0 aliphatic carbocycles. The molecule has 2 aromatic rings. The van der Waals surface area contributed by atoms with Gasteiger partial charge in [-0.2, -0.15) is 0 Å². The number of hydrogen-bond donors (Lipinski definition) is 1. The van der Waals surface area contributed by atoms with Gasteiger partial charge in [0.05, 0.1) is 54.2 Å². The van der Waals surface area contributed by atoms with E-state index in [2.05, 4.69) is 10.3 Å². The Hall–Kier alpha value is -3.47. The molecule has 0 bridgehead atoms. The Morgan fingerprint density at radius 2 is 1.94 bits per heavy atom. The van der Waals surface area contributed by atoms with Crippen LogP contribution in [0.2, 0.25) is 0 Å². The third-order valence-corrected chi connectivity index (χ3v) is 5.66. The fourth-order valence-electron chi connectivity index (χ4n) is 3.50. The second-order valence-corrected chi connectivity index (χ2v) is 9.38. The van der Waals surface area contributed by atoms with Gasteiger partial charge in [-0.15, -0.1) is 0 Å². The molecule has 11 heteroatoms. The van der Waals surface area contributed by atoms with Crippen molar-refractivity contribution in [2.24, 2.45) is 0 Å². The Morgan fingerprint density at radius 1 is 1.22 bits per heavy atom. The molecule has 1 aromatic heterocycles. The van der Waals surface area contributed by atoms with Crippen LogP contribution >= 0.6 is 0 Å². The first kappa shape index (κ1) is 23.2. The van der Waals surface area contributed by atoms with E-state index in [1.807, 2.05) is 0 Å². The lowest BCUT2D eigenvalue weighted by Gasteiger charge is -2.26. The van der Waals surface area contributed by atoms with Crippen LogP contribution in [-0.2, 0) is 14.6 Å². The van der Waals surface area contributed by atoms with Crippen LogP contribution in [0.3, 0.4) is 0 Å². The van der Waals surface area contributed by atoms with Gasteiger partial charge in [0.2, 0.25) is 5.91 Å². The molecule has 2 heterocycles. The highest BCUT2D eigenvalue weighted by Gasteiger charge is 2.44. The van der Waals surface area contributed by atoms with Crippen LogP contribution in [0.5, 0.6) is 11.5 Å². The number of benzene rings is 1. The number of hydrogen-bond acceptors (Lipinski definition) is 8. The number of carbonyl (C=O) groups is 3. The molecule has 32 heavy (non-hydrogen) atoms. The third-order valence-electron chi connectivity index (χ3n) is 4.74. The number of ether oxygens (including phenoxy) is 2. The highest BCUT2D eigenvalue weighted by Crippen LogP contribution is 2.37. The Kier molecular flexibility index (Phi) is 6.49. The van der Waals surface area contributed by atoms with Crippen LogP contribution in [0.1, 0.15) is 46.3 Å². The number of rotatable bonds is 8. The summed E-state index contributed by atoms with van der Waals surface area (Å²) in [7, 11) is -2.21. The van der Waals surface area contributed by atoms with E-state index in [1.54, 1.807) is 6.92 Å². The van der Waals surface area contributed by atoms with Crippen LogP contribution in [0, 0.1) is 0 Å². The Bertz CT molecular complexity index is 1190. The standard InChI is InChI=1S/C21H23N3O7S/c1-5-31-17-9-15(22-10-18(17)30-3)16(11-32(4,28)29)24-20(26)13-7-6-8-14(23-12(2)25)19(13)21(24)27/h6-10,16H,5,11H2,1-4H3,(H,23,25). The molecule has 3 amide bonds. The average Bonchev–Trinajstić information content (AvgIpc) is 2.96. The summed E-state index contributed by atoms with van der Waals surface area (Å²) in [6.45, 7) is 3.35. The minimum absolute atomic E-state index is 0.00439. The number of methoxy groups -OCH3 is 1. The highest BCUT2D eigenvalue weighted by atomic mass is 32.2. The second kappa shape index (κ2) is 8.95. The third kappa shape index (κ3) is 4.57. The number of amides is 3. The van der Waals surface area contributed by atoms with Crippen molar-refractivity contribution in [2.45, 2.75) is 19.9 Å². The molecule has 170 valence electrons. The monoisotopic (exact) mass is 461 g/mol. The van der Waals surface area contributed by atoms with Crippen molar-refractivity contribution in [1.29, 1.82) is 0 Å². The van der Waals surface area contributed by atoms with E-state index < -0.39 is 39.4 Å². The maximum atomic E-state index is 13.3. The molecule has 1 unspecified atom stereocenters. The summed E-state index contributed by atoms with van der Waals surface area (Å²) >= 11 is 0. The van der Waals surface area contributed by atoms with E-state index in [0.717, 1.165) is 11.2 Å². The lowest BCUT2D eigenvalue weighted by molar-refractivity contribution is -0.114. The lowest BCUT2D eigenvalue weighted by atomic mass is 10.1. The van der Waals surface area contributed by atoms with E-state index >= 15 is 0 Å². The van der Waals surface area contributed by atoms with Gasteiger partial charge in [-0.25, -0.2) is 8.42 Å². The number of nitrogens with one attached hydrogen (secondary N) is 1. The topological polar surface area (TPSA) is 132 Å². The maximum absolute atomic E-state index is 13.3. The van der Waals surface area contributed by atoms with Crippen molar-refractivity contribution in [3.05, 3.63) is 47.3 Å². The first-order valence-corrected chi connectivity index (χ1v) is 11.8. The summed E-state index contributed by atoms with van der Waals surface area (Å²) in [6.07, 6.45) is 2.35. The molecule has 0 radical (unpaired) electrons. The van der Waals surface area contributed by atoms with Crippen LogP contribution in [-0.4, -0.2) is 61.7 Å². The summed E-state index contributed by atoms with van der Waals surface area (Å²) in [6, 6.07) is 4.72. The van der Waals surface area contributed by atoms with Crippen molar-refractivity contribution in [2.75, 3.05) is 31.0 Å². The Balaban J connectivity index is 2.13. The maximum Gasteiger partial charge on any atom is 0.264 e. The second-order valence-electron chi connectivity index (χ2n) is 7.19. The Morgan fingerprint density at radius 3 is 2.53 bits per heavy atom. The molecular formula is C21H23N3O7S.